The van der Waals surface area contributed by atoms with Gasteiger partial charge in [0.05, 0.1) is 13.2 Å². The molecule has 0 aliphatic carbocycles. The van der Waals surface area contributed by atoms with E-state index in [2.05, 4.69) is 5.32 Å². The Kier molecular flexibility index (Phi) is 4.99. The summed E-state index contributed by atoms with van der Waals surface area (Å²) in [4.78, 5) is 0. The van der Waals surface area contributed by atoms with Crippen molar-refractivity contribution >= 4 is 0 Å². The monoisotopic (exact) mass is 285 g/mol. The first-order valence-corrected chi connectivity index (χ1v) is 7.14. The molecule has 21 heavy (non-hydrogen) atoms. The first kappa shape index (κ1) is 15.5. The van der Waals surface area contributed by atoms with Crippen molar-refractivity contribution in [2.24, 2.45) is 0 Å². The van der Waals surface area contributed by atoms with Gasteiger partial charge in [0.15, 0.2) is 0 Å². The highest BCUT2D eigenvalue weighted by Crippen LogP contribution is 2.25. The maximum Gasteiger partial charge on any atom is 0.118 e. The molecule has 0 aromatic heterocycles. The highest BCUT2D eigenvalue weighted by molar-refractivity contribution is 5.27. The fourth-order valence-electron chi connectivity index (χ4n) is 2.22. The normalized spacial score (nSPS) is 13.0. The van der Waals surface area contributed by atoms with Crippen molar-refractivity contribution in [2.75, 3.05) is 7.11 Å². The fraction of sp³-hybridized carbons (Fsp3) is 0.333. The summed E-state index contributed by atoms with van der Waals surface area (Å²) in [5, 5.41) is 13.9. The summed E-state index contributed by atoms with van der Waals surface area (Å²) >= 11 is 0. The Bertz CT molecular complexity index is 549. The van der Waals surface area contributed by atoms with Gasteiger partial charge >= 0.3 is 0 Å². The van der Waals surface area contributed by atoms with E-state index in [1.54, 1.807) is 7.11 Å². The Morgan fingerprint density at radius 2 is 1.67 bits per heavy atom. The molecule has 0 radical (unpaired) electrons. The molecule has 0 fully saturated rings. The van der Waals surface area contributed by atoms with Gasteiger partial charge in [0.25, 0.3) is 0 Å². The summed E-state index contributed by atoms with van der Waals surface area (Å²) < 4.78 is 5.15. The number of hydrogen-bond donors (Lipinski definition) is 2. The van der Waals surface area contributed by atoms with Gasteiger partial charge < -0.3 is 15.2 Å². The Labute approximate surface area is 126 Å². The van der Waals surface area contributed by atoms with Crippen molar-refractivity contribution in [1.82, 2.24) is 5.32 Å². The molecule has 0 heterocycles. The number of methoxy groups -OCH3 is 1. The predicted octanol–water partition coefficient (Wildman–Crippen LogP) is 3.30. The first-order chi connectivity index (χ1) is 10.0. The minimum atomic E-state index is -0.558. The van der Waals surface area contributed by atoms with Gasteiger partial charge in [0.1, 0.15) is 5.75 Å². The van der Waals surface area contributed by atoms with Gasteiger partial charge in [-0.1, -0.05) is 42.5 Å². The van der Waals surface area contributed by atoms with E-state index in [0.717, 1.165) is 16.9 Å². The summed E-state index contributed by atoms with van der Waals surface area (Å²) in [5.74, 6) is 0.849. The lowest BCUT2D eigenvalue weighted by atomic mass is 9.91. The molecule has 0 aliphatic rings. The number of aliphatic hydroxyl groups is 1. The molecule has 2 aromatic rings. The van der Waals surface area contributed by atoms with E-state index in [1.165, 1.54) is 0 Å². The van der Waals surface area contributed by atoms with Gasteiger partial charge in [-0.25, -0.2) is 0 Å². The van der Waals surface area contributed by atoms with E-state index < -0.39 is 11.6 Å². The molecule has 0 aliphatic heterocycles. The van der Waals surface area contributed by atoms with E-state index in [1.807, 2.05) is 68.4 Å². The fourth-order valence-corrected chi connectivity index (χ4v) is 2.22. The van der Waals surface area contributed by atoms with Crippen molar-refractivity contribution < 1.29 is 9.84 Å². The van der Waals surface area contributed by atoms with Gasteiger partial charge in [-0.15, -0.1) is 0 Å². The van der Waals surface area contributed by atoms with Crippen molar-refractivity contribution in [3.8, 4) is 5.75 Å². The third-order valence-corrected chi connectivity index (χ3v) is 3.71. The van der Waals surface area contributed by atoms with E-state index in [4.69, 9.17) is 4.74 Å². The summed E-state index contributed by atoms with van der Waals surface area (Å²) in [6, 6.07) is 17.7. The lowest BCUT2D eigenvalue weighted by Gasteiger charge is -2.32. The molecule has 3 nitrogen and oxygen atoms in total. The minimum absolute atomic E-state index is 0.415. The second-order valence-corrected chi connectivity index (χ2v) is 5.74. The maximum absolute atomic E-state index is 10.5. The molecule has 0 amide bonds. The van der Waals surface area contributed by atoms with Gasteiger partial charge in [0.2, 0.25) is 0 Å². The summed E-state index contributed by atoms with van der Waals surface area (Å²) in [5.41, 5.74) is 1.66. The predicted molar refractivity (Wildman–Crippen MR) is 85.3 cm³/mol. The topological polar surface area (TPSA) is 41.5 Å². The van der Waals surface area contributed by atoms with E-state index >= 15 is 0 Å². The van der Waals surface area contributed by atoms with Crippen LogP contribution in [-0.2, 0) is 6.54 Å². The van der Waals surface area contributed by atoms with Crippen molar-refractivity contribution in [3.05, 3.63) is 65.7 Å². The highest BCUT2D eigenvalue weighted by atomic mass is 16.5. The molecule has 3 heteroatoms. The Morgan fingerprint density at radius 3 is 2.24 bits per heavy atom. The third kappa shape index (κ3) is 4.06. The van der Waals surface area contributed by atoms with E-state index in [-0.39, 0.29) is 0 Å². The quantitative estimate of drug-likeness (QED) is 0.855. The van der Waals surface area contributed by atoms with Crippen LogP contribution in [0.25, 0.3) is 0 Å². The second-order valence-electron chi connectivity index (χ2n) is 5.74. The molecule has 1 atom stereocenters. The van der Waals surface area contributed by atoms with Gasteiger partial charge in [-0.2, -0.15) is 0 Å². The molecule has 2 aromatic carbocycles. The van der Waals surface area contributed by atoms with Crippen LogP contribution in [0, 0.1) is 0 Å². The van der Waals surface area contributed by atoms with Crippen LogP contribution in [0.15, 0.2) is 54.6 Å². The zero-order chi connectivity index (χ0) is 15.3. The lowest BCUT2D eigenvalue weighted by molar-refractivity contribution is 0.0791. The molecule has 112 valence electrons. The number of hydrogen-bond acceptors (Lipinski definition) is 3. The highest BCUT2D eigenvalue weighted by Gasteiger charge is 2.28. The Balaban J connectivity index is 1.99. The third-order valence-electron chi connectivity index (χ3n) is 3.71. The Morgan fingerprint density at radius 1 is 1.05 bits per heavy atom. The summed E-state index contributed by atoms with van der Waals surface area (Å²) in [6.07, 6.45) is -0.558. The zero-order valence-electron chi connectivity index (χ0n) is 12.8. The average molecular weight is 285 g/mol. The molecule has 2 N–H and O–H groups in total. The van der Waals surface area contributed by atoms with Crippen LogP contribution in [0.4, 0.5) is 0 Å². The molecule has 0 bridgehead atoms. The second kappa shape index (κ2) is 6.74. The van der Waals surface area contributed by atoms with Crippen LogP contribution in [0.3, 0.4) is 0 Å². The van der Waals surface area contributed by atoms with Crippen LogP contribution < -0.4 is 10.1 Å². The molecular weight excluding hydrogens is 262 g/mol. The van der Waals surface area contributed by atoms with E-state index in [0.29, 0.717) is 6.54 Å². The molecule has 1 unspecified atom stereocenters. The van der Waals surface area contributed by atoms with Crippen LogP contribution in [0.2, 0.25) is 0 Å². The van der Waals surface area contributed by atoms with Crippen LogP contribution in [0.1, 0.15) is 31.1 Å². The molecular formula is C18H23NO2. The van der Waals surface area contributed by atoms with Crippen molar-refractivity contribution in [3.63, 3.8) is 0 Å². The average Bonchev–Trinajstić information content (AvgIpc) is 2.53. The van der Waals surface area contributed by atoms with E-state index in [9.17, 15) is 5.11 Å². The maximum atomic E-state index is 10.5. The molecule has 2 rings (SSSR count). The summed E-state index contributed by atoms with van der Waals surface area (Å²) in [7, 11) is 1.66. The number of aliphatic hydroxyl groups excluding tert-OH is 1. The number of nitrogens with one attached hydrogen (secondary N) is 1. The first-order valence-electron chi connectivity index (χ1n) is 7.14. The molecule has 0 saturated carbocycles. The minimum Gasteiger partial charge on any atom is -0.497 e. The lowest BCUT2D eigenvalue weighted by Crippen LogP contribution is -2.44. The number of benzene rings is 2. The van der Waals surface area contributed by atoms with Crippen molar-refractivity contribution in [1.29, 1.82) is 0 Å². The number of rotatable bonds is 6. The van der Waals surface area contributed by atoms with Gasteiger partial charge in [0, 0.05) is 12.1 Å². The van der Waals surface area contributed by atoms with Crippen LogP contribution >= 0.6 is 0 Å². The largest absolute Gasteiger partial charge is 0.497 e. The molecule has 0 spiro atoms. The smallest absolute Gasteiger partial charge is 0.118 e. The Hall–Kier alpha value is -1.84. The molecule has 0 saturated heterocycles. The van der Waals surface area contributed by atoms with Crippen molar-refractivity contribution in [2.45, 2.75) is 32.0 Å². The summed E-state index contributed by atoms with van der Waals surface area (Å²) in [6.45, 7) is 4.71. The standard InChI is InChI=1S/C18H23NO2/c1-18(2,17(20)15-7-5-4-6-8-15)19-13-14-9-11-16(21-3)12-10-14/h4-12,17,19-20H,13H2,1-3H3. The van der Waals surface area contributed by atoms with Crippen LogP contribution in [0.5, 0.6) is 5.75 Å². The zero-order valence-corrected chi connectivity index (χ0v) is 12.8. The van der Waals surface area contributed by atoms with Gasteiger partial charge in [-0.05, 0) is 37.1 Å². The number of ether oxygens (including phenoxy) is 1. The SMILES string of the molecule is COc1ccc(CNC(C)(C)C(O)c2ccccc2)cc1. The van der Waals surface area contributed by atoms with Crippen LogP contribution in [-0.4, -0.2) is 17.8 Å². The van der Waals surface area contributed by atoms with Gasteiger partial charge in [-0.3, -0.25) is 0 Å².